The van der Waals surface area contributed by atoms with Gasteiger partial charge in [0, 0.05) is 52.4 Å². The summed E-state index contributed by atoms with van der Waals surface area (Å²) < 4.78 is 5.63. The lowest BCUT2D eigenvalue weighted by molar-refractivity contribution is -0.0946. The molecule has 1 saturated heterocycles. The van der Waals surface area contributed by atoms with Gasteiger partial charge in [-0.1, -0.05) is 62.7 Å². The minimum absolute atomic E-state index is 0.0758. The number of nitrogens with two attached hydrogens (primary N) is 1. The van der Waals surface area contributed by atoms with Crippen LogP contribution in [0, 0.1) is 5.41 Å². The average molecular weight is 593 g/mol. The first kappa shape index (κ1) is 30.4. The van der Waals surface area contributed by atoms with Gasteiger partial charge in [-0.25, -0.2) is 0 Å². The molecule has 6 heteroatoms. The molecule has 0 aliphatic carbocycles. The Hall–Kier alpha value is -4.06. The standard InChI is InChI=1S/C37H41ClN4O/c1-5-10-34(36-19-18-32(23-40-36)41(4)30-16-14-29(38)15-17-30)27-20-28(35(39)11-6-2)22-33(21-27)42(24-37(3)25-43-26-37)31-12-8-7-9-13-31/h7-23H,5-6,24-26,39H2,1-4H3/b34-10+,35-11-. The van der Waals surface area contributed by atoms with Crippen molar-refractivity contribution in [3.63, 3.8) is 0 Å². The second-order valence-corrected chi connectivity index (χ2v) is 12.0. The van der Waals surface area contributed by atoms with Crippen molar-refractivity contribution in [2.45, 2.75) is 33.6 Å². The number of benzene rings is 3. The Bertz CT molecular complexity index is 1580. The minimum atomic E-state index is 0.0758. The lowest BCUT2D eigenvalue weighted by atomic mass is 9.87. The van der Waals surface area contributed by atoms with E-state index in [4.69, 9.17) is 27.1 Å². The molecule has 1 aliphatic heterocycles. The lowest BCUT2D eigenvalue weighted by Gasteiger charge is -2.42. The molecule has 0 bridgehead atoms. The van der Waals surface area contributed by atoms with Crippen LogP contribution in [0.2, 0.25) is 5.02 Å². The molecular formula is C37H41ClN4O. The second kappa shape index (κ2) is 13.5. The second-order valence-electron chi connectivity index (χ2n) is 11.5. The van der Waals surface area contributed by atoms with E-state index in [0.29, 0.717) is 0 Å². The van der Waals surface area contributed by atoms with Crippen molar-refractivity contribution in [3.8, 4) is 0 Å². The van der Waals surface area contributed by atoms with Gasteiger partial charge in [0.2, 0.25) is 0 Å². The molecule has 2 N–H and O–H groups in total. The Morgan fingerprint density at radius 3 is 2.14 bits per heavy atom. The number of aromatic nitrogens is 1. The van der Waals surface area contributed by atoms with E-state index >= 15 is 0 Å². The van der Waals surface area contributed by atoms with Crippen LogP contribution in [-0.2, 0) is 4.74 Å². The molecule has 1 fully saturated rings. The van der Waals surface area contributed by atoms with E-state index in [0.717, 1.165) is 88.5 Å². The van der Waals surface area contributed by atoms with Crippen molar-refractivity contribution in [2.24, 2.45) is 11.1 Å². The molecule has 43 heavy (non-hydrogen) atoms. The molecule has 5 nitrogen and oxygen atoms in total. The third-order valence-electron chi connectivity index (χ3n) is 7.84. The molecular weight excluding hydrogens is 552 g/mol. The number of pyridine rings is 1. The monoisotopic (exact) mass is 592 g/mol. The predicted molar refractivity (Wildman–Crippen MR) is 182 cm³/mol. The van der Waals surface area contributed by atoms with E-state index in [1.165, 1.54) is 0 Å². The fourth-order valence-electron chi connectivity index (χ4n) is 5.42. The topological polar surface area (TPSA) is 54.6 Å². The molecule has 0 radical (unpaired) electrons. The Labute approximate surface area is 261 Å². The van der Waals surface area contributed by atoms with Gasteiger partial charge in [0.15, 0.2) is 0 Å². The van der Waals surface area contributed by atoms with E-state index in [1.807, 2.05) is 37.5 Å². The fourth-order valence-corrected chi connectivity index (χ4v) is 5.55. The molecule has 0 atom stereocenters. The summed E-state index contributed by atoms with van der Waals surface area (Å²) in [6.07, 6.45) is 8.00. The number of hydrogen-bond acceptors (Lipinski definition) is 5. The molecule has 222 valence electrons. The maximum absolute atomic E-state index is 6.65. The number of ether oxygens (including phenoxy) is 1. The molecule has 0 unspecified atom stereocenters. The summed E-state index contributed by atoms with van der Waals surface area (Å²) in [5.41, 5.74) is 15.9. The van der Waals surface area contributed by atoms with Gasteiger partial charge >= 0.3 is 0 Å². The van der Waals surface area contributed by atoms with E-state index < -0.39 is 0 Å². The summed E-state index contributed by atoms with van der Waals surface area (Å²) in [4.78, 5) is 9.46. The Morgan fingerprint density at radius 1 is 0.860 bits per heavy atom. The molecule has 1 aromatic heterocycles. The largest absolute Gasteiger partial charge is 0.399 e. The third-order valence-corrected chi connectivity index (χ3v) is 8.09. The van der Waals surface area contributed by atoms with Crippen molar-refractivity contribution in [1.82, 2.24) is 4.98 Å². The lowest BCUT2D eigenvalue weighted by Crippen LogP contribution is -2.47. The summed E-state index contributed by atoms with van der Waals surface area (Å²) in [7, 11) is 2.03. The van der Waals surface area contributed by atoms with Gasteiger partial charge in [-0.3, -0.25) is 4.98 Å². The molecule has 5 rings (SSSR count). The Morgan fingerprint density at radius 2 is 1.53 bits per heavy atom. The number of halogens is 1. The maximum atomic E-state index is 6.65. The Kier molecular flexibility index (Phi) is 9.54. The van der Waals surface area contributed by atoms with Crippen LogP contribution in [0.1, 0.15) is 50.4 Å². The SMILES string of the molecule is CC/C=C(\N)c1cc(/C(=C\CC)c2ccc(N(C)c3ccc(Cl)cc3)cn2)cc(N(CC2(C)COC2)c2ccccc2)c1. The highest BCUT2D eigenvalue weighted by molar-refractivity contribution is 6.30. The van der Waals surface area contributed by atoms with E-state index in [1.54, 1.807) is 0 Å². The fraction of sp³-hybridized carbons (Fsp3) is 0.270. The van der Waals surface area contributed by atoms with E-state index in [2.05, 4.69) is 103 Å². The van der Waals surface area contributed by atoms with Crippen LogP contribution in [0.4, 0.5) is 22.7 Å². The van der Waals surface area contributed by atoms with Gasteiger partial charge in [0.25, 0.3) is 0 Å². The number of allylic oxidation sites excluding steroid dienone is 2. The summed E-state index contributed by atoms with van der Waals surface area (Å²) in [6, 6.07) is 29.3. The van der Waals surface area contributed by atoms with Crippen LogP contribution in [0.15, 0.2) is 103 Å². The molecule has 0 spiro atoms. The van der Waals surface area contributed by atoms with Crippen LogP contribution >= 0.6 is 11.6 Å². The highest BCUT2D eigenvalue weighted by Crippen LogP contribution is 2.38. The van der Waals surface area contributed by atoms with E-state index in [-0.39, 0.29) is 5.41 Å². The van der Waals surface area contributed by atoms with Crippen LogP contribution in [0.25, 0.3) is 11.3 Å². The molecule has 4 aromatic rings. The van der Waals surface area contributed by atoms with Crippen LogP contribution in [0.5, 0.6) is 0 Å². The number of hydrogen-bond donors (Lipinski definition) is 1. The van der Waals surface area contributed by atoms with Gasteiger partial charge in [0.1, 0.15) is 0 Å². The van der Waals surface area contributed by atoms with Crippen molar-refractivity contribution in [1.29, 1.82) is 0 Å². The van der Waals surface area contributed by atoms with Gasteiger partial charge in [-0.15, -0.1) is 0 Å². The van der Waals surface area contributed by atoms with E-state index in [9.17, 15) is 0 Å². The molecule has 0 saturated carbocycles. The van der Waals surface area contributed by atoms with Gasteiger partial charge in [-0.05, 0) is 90.7 Å². The van der Waals surface area contributed by atoms with Crippen LogP contribution in [0.3, 0.4) is 0 Å². The van der Waals surface area contributed by atoms with Gasteiger partial charge < -0.3 is 20.3 Å². The molecule has 2 heterocycles. The number of anilines is 4. The van der Waals surface area contributed by atoms with Crippen LogP contribution < -0.4 is 15.5 Å². The quantitative estimate of drug-likeness (QED) is 0.188. The van der Waals surface area contributed by atoms with Gasteiger partial charge in [0.05, 0.1) is 30.8 Å². The van der Waals surface area contributed by atoms with Crippen molar-refractivity contribution >= 4 is 45.6 Å². The first-order valence-electron chi connectivity index (χ1n) is 15.0. The first-order valence-corrected chi connectivity index (χ1v) is 15.4. The highest BCUT2D eigenvalue weighted by Gasteiger charge is 2.36. The third kappa shape index (κ3) is 7.12. The zero-order chi connectivity index (χ0) is 30.4. The number of para-hydroxylation sites is 1. The number of rotatable bonds is 11. The summed E-state index contributed by atoms with van der Waals surface area (Å²) >= 11 is 6.10. The van der Waals surface area contributed by atoms with Crippen molar-refractivity contribution < 1.29 is 4.74 Å². The molecule has 0 amide bonds. The van der Waals surface area contributed by atoms with Crippen molar-refractivity contribution in [2.75, 3.05) is 36.6 Å². The zero-order valence-electron chi connectivity index (χ0n) is 25.6. The van der Waals surface area contributed by atoms with Gasteiger partial charge in [-0.2, -0.15) is 0 Å². The zero-order valence-corrected chi connectivity index (χ0v) is 26.3. The number of nitrogens with zero attached hydrogens (tertiary/aromatic N) is 3. The summed E-state index contributed by atoms with van der Waals surface area (Å²) in [6.45, 7) is 8.91. The average Bonchev–Trinajstić information content (AvgIpc) is 3.02. The van der Waals surface area contributed by atoms with Crippen LogP contribution in [-0.4, -0.2) is 31.8 Å². The summed E-state index contributed by atoms with van der Waals surface area (Å²) in [5, 5.41) is 0.719. The molecule has 1 aliphatic rings. The van der Waals surface area contributed by atoms with Crippen molar-refractivity contribution in [3.05, 3.63) is 125 Å². The first-order chi connectivity index (χ1) is 20.8. The molecule has 3 aromatic carbocycles. The normalized spacial score (nSPS) is 14.7. The summed E-state index contributed by atoms with van der Waals surface area (Å²) in [5.74, 6) is 0. The predicted octanol–water partition coefficient (Wildman–Crippen LogP) is 9.23. The minimum Gasteiger partial charge on any atom is -0.399 e. The smallest absolute Gasteiger partial charge is 0.0706 e. The highest BCUT2D eigenvalue weighted by atomic mass is 35.5. The Balaban J connectivity index is 1.57. The maximum Gasteiger partial charge on any atom is 0.0706 e.